The molecule has 4 rings (SSSR count). The number of amides is 1. The summed E-state index contributed by atoms with van der Waals surface area (Å²) in [6.07, 6.45) is 6.40. The molecule has 0 radical (unpaired) electrons. The minimum atomic E-state index is -0.326. The number of benzene rings is 1. The molecule has 0 aliphatic carbocycles. The lowest BCUT2D eigenvalue weighted by molar-refractivity contribution is -0.133. The van der Waals surface area contributed by atoms with Crippen molar-refractivity contribution in [1.82, 2.24) is 24.4 Å². The molecular weight excluding hydrogens is 361 g/mol. The Balaban J connectivity index is 1.30. The molecule has 1 saturated heterocycles. The molecule has 3 heterocycles. The molecule has 1 aromatic carbocycles. The largest absolute Gasteiger partial charge is 0.484 e. The maximum atomic E-state index is 12.9. The lowest BCUT2D eigenvalue weighted by Crippen LogP contribution is -2.38. The van der Waals surface area contributed by atoms with E-state index in [1.54, 1.807) is 10.7 Å². The maximum absolute atomic E-state index is 12.9. The maximum Gasteiger partial charge on any atom is 0.260 e. The third-order valence-electron chi connectivity index (χ3n) is 4.86. The van der Waals surface area contributed by atoms with Crippen LogP contribution in [0.1, 0.15) is 12.0 Å². The molecule has 0 unspecified atom stereocenters. The molecule has 2 aromatic heterocycles. The summed E-state index contributed by atoms with van der Waals surface area (Å²) in [6, 6.07) is 7.54. The standard InChI is InChI=1S/C20H22FN5O2/c21-17-3-5-18(6-4-17)28-15-19(27)25-9-2-8-24(11-12-25)14-16-13-23-26-10-1-7-22-20(16)26/h1,3-7,10,13H,2,8-9,11-12,14-15H2. The van der Waals surface area contributed by atoms with Crippen molar-refractivity contribution < 1.29 is 13.9 Å². The number of aromatic nitrogens is 3. The number of fused-ring (bicyclic) bond motifs is 1. The summed E-state index contributed by atoms with van der Waals surface area (Å²) in [7, 11) is 0. The van der Waals surface area contributed by atoms with E-state index >= 15 is 0 Å². The highest BCUT2D eigenvalue weighted by atomic mass is 19.1. The zero-order valence-corrected chi connectivity index (χ0v) is 15.5. The van der Waals surface area contributed by atoms with Gasteiger partial charge >= 0.3 is 0 Å². The van der Waals surface area contributed by atoms with Crippen LogP contribution in [-0.2, 0) is 11.3 Å². The fraction of sp³-hybridized carbons (Fsp3) is 0.350. The van der Waals surface area contributed by atoms with Crippen LogP contribution in [0, 0.1) is 5.82 Å². The van der Waals surface area contributed by atoms with Gasteiger partial charge in [0, 0.05) is 50.7 Å². The highest BCUT2D eigenvalue weighted by Gasteiger charge is 2.20. The summed E-state index contributed by atoms with van der Waals surface area (Å²) >= 11 is 0. The van der Waals surface area contributed by atoms with Crippen molar-refractivity contribution in [1.29, 1.82) is 0 Å². The summed E-state index contributed by atoms with van der Waals surface area (Å²) in [4.78, 5) is 21.0. The first-order valence-corrected chi connectivity index (χ1v) is 9.35. The van der Waals surface area contributed by atoms with Crippen molar-refractivity contribution in [3.05, 3.63) is 60.3 Å². The second-order valence-electron chi connectivity index (χ2n) is 6.81. The van der Waals surface area contributed by atoms with Crippen molar-refractivity contribution in [2.75, 3.05) is 32.8 Å². The smallest absolute Gasteiger partial charge is 0.260 e. The van der Waals surface area contributed by atoms with Gasteiger partial charge in [0.25, 0.3) is 5.91 Å². The van der Waals surface area contributed by atoms with Gasteiger partial charge in [-0.2, -0.15) is 5.10 Å². The van der Waals surface area contributed by atoms with Crippen LogP contribution < -0.4 is 4.74 Å². The van der Waals surface area contributed by atoms with Gasteiger partial charge in [-0.3, -0.25) is 9.69 Å². The summed E-state index contributed by atoms with van der Waals surface area (Å²) in [6.45, 7) is 3.77. The van der Waals surface area contributed by atoms with Crippen LogP contribution in [0.5, 0.6) is 5.75 Å². The Hall–Kier alpha value is -3.00. The second kappa shape index (κ2) is 8.35. The number of ether oxygens (including phenoxy) is 1. The average molecular weight is 383 g/mol. The van der Waals surface area contributed by atoms with Crippen molar-refractivity contribution in [3.8, 4) is 5.75 Å². The Bertz CT molecular complexity index is 943. The second-order valence-corrected chi connectivity index (χ2v) is 6.81. The van der Waals surface area contributed by atoms with Crippen LogP contribution in [0.3, 0.4) is 0 Å². The Morgan fingerprint density at radius 3 is 2.86 bits per heavy atom. The molecule has 1 aliphatic rings. The molecule has 1 amide bonds. The molecule has 0 spiro atoms. The van der Waals surface area contributed by atoms with Crippen molar-refractivity contribution >= 4 is 11.6 Å². The van der Waals surface area contributed by atoms with Gasteiger partial charge in [0.05, 0.1) is 6.20 Å². The molecule has 146 valence electrons. The minimum absolute atomic E-state index is 0.0381. The molecule has 1 fully saturated rings. The molecule has 0 saturated carbocycles. The zero-order valence-electron chi connectivity index (χ0n) is 15.5. The number of nitrogens with zero attached hydrogens (tertiary/aromatic N) is 5. The first kappa shape index (κ1) is 18.4. The van der Waals surface area contributed by atoms with Crippen LogP contribution in [0.15, 0.2) is 48.9 Å². The Morgan fingerprint density at radius 2 is 2.00 bits per heavy atom. The van der Waals surface area contributed by atoms with Crippen LogP contribution in [0.4, 0.5) is 4.39 Å². The van der Waals surface area contributed by atoms with Gasteiger partial charge in [-0.05, 0) is 36.8 Å². The Labute approximate surface area is 162 Å². The SMILES string of the molecule is O=C(COc1ccc(F)cc1)N1CCCN(Cc2cnn3cccnc23)CC1. The van der Waals surface area contributed by atoms with Gasteiger partial charge < -0.3 is 9.64 Å². The van der Waals surface area contributed by atoms with E-state index in [2.05, 4.69) is 15.0 Å². The van der Waals surface area contributed by atoms with Gasteiger partial charge in [-0.1, -0.05) is 0 Å². The van der Waals surface area contributed by atoms with Crippen LogP contribution >= 0.6 is 0 Å². The molecule has 28 heavy (non-hydrogen) atoms. The third kappa shape index (κ3) is 4.28. The predicted octanol–water partition coefficient (Wildman–Crippen LogP) is 1.98. The molecule has 0 bridgehead atoms. The Kier molecular flexibility index (Phi) is 5.48. The van der Waals surface area contributed by atoms with Crippen LogP contribution in [-0.4, -0.2) is 63.1 Å². The third-order valence-corrected chi connectivity index (χ3v) is 4.86. The normalized spacial score (nSPS) is 15.5. The van der Waals surface area contributed by atoms with Crippen LogP contribution in [0.2, 0.25) is 0 Å². The molecular formula is C20H22FN5O2. The van der Waals surface area contributed by atoms with E-state index in [-0.39, 0.29) is 18.3 Å². The first-order chi connectivity index (χ1) is 13.7. The number of halogens is 1. The summed E-state index contributed by atoms with van der Waals surface area (Å²) in [5.74, 6) is 0.114. The van der Waals surface area contributed by atoms with E-state index in [1.165, 1.54) is 24.3 Å². The Morgan fingerprint density at radius 1 is 1.14 bits per heavy atom. The highest BCUT2D eigenvalue weighted by molar-refractivity contribution is 5.77. The van der Waals surface area contributed by atoms with Crippen molar-refractivity contribution in [2.24, 2.45) is 0 Å². The number of carbonyl (C=O) groups is 1. The number of hydrogen-bond donors (Lipinski definition) is 0. The number of rotatable bonds is 5. The molecule has 8 heteroatoms. The predicted molar refractivity (Wildman–Crippen MR) is 101 cm³/mol. The molecule has 7 nitrogen and oxygen atoms in total. The van der Waals surface area contributed by atoms with Gasteiger partial charge in [-0.25, -0.2) is 13.9 Å². The minimum Gasteiger partial charge on any atom is -0.484 e. The number of hydrogen-bond acceptors (Lipinski definition) is 5. The van der Waals surface area contributed by atoms with E-state index in [9.17, 15) is 9.18 Å². The number of carbonyl (C=O) groups excluding carboxylic acids is 1. The molecule has 1 aliphatic heterocycles. The van der Waals surface area contributed by atoms with Crippen molar-refractivity contribution in [3.63, 3.8) is 0 Å². The van der Waals surface area contributed by atoms with E-state index in [4.69, 9.17) is 4.74 Å². The highest BCUT2D eigenvalue weighted by Crippen LogP contribution is 2.14. The summed E-state index contributed by atoms with van der Waals surface area (Å²) in [5.41, 5.74) is 1.95. The quantitative estimate of drug-likeness (QED) is 0.674. The van der Waals surface area contributed by atoms with Gasteiger partial charge in [0.1, 0.15) is 11.6 Å². The fourth-order valence-corrected chi connectivity index (χ4v) is 3.37. The molecule has 3 aromatic rings. The summed E-state index contributed by atoms with van der Waals surface area (Å²) in [5, 5.41) is 4.33. The van der Waals surface area contributed by atoms with E-state index in [0.29, 0.717) is 18.8 Å². The fourth-order valence-electron chi connectivity index (χ4n) is 3.37. The van der Waals surface area contributed by atoms with Crippen molar-refractivity contribution in [2.45, 2.75) is 13.0 Å². The lowest BCUT2D eigenvalue weighted by atomic mass is 10.3. The monoisotopic (exact) mass is 383 g/mol. The van der Waals surface area contributed by atoms with E-state index in [1.807, 2.05) is 23.4 Å². The topological polar surface area (TPSA) is 63.0 Å². The van der Waals surface area contributed by atoms with Gasteiger partial charge in [0.15, 0.2) is 12.3 Å². The molecule has 0 N–H and O–H groups in total. The first-order valence-electron chi connectivity index (χ1n) is 9.35. The average Bonchev–Trinajstić information content (AvgIpc) is 2.97. The molecule has 0 atom stereocenters. The van der Waals surface area contributed by atoms with Gasteiger partial charge in [-0.15, -0.1) is 0 Å². The van der Waals surface area contributed by atoms with Gasteiger partial charge in [0.2, 0.25) is 0 Å². The zero-order chi connectivity index (χ0) is 19.3. The van der Waals surface area contributed by atoms with Crippen LogP contribution in [0.25, 0.3) is 5.65 Å². The summed E-state index contributed by atoms with van der Waals surface area (Å²) < 4.78 is 20.2. The lowest BCUT2D eigenvalue weighted by Gasteiger charge is -2.21. The van der Waals surface area contributed by atoms with E-state index in [0.717, 1.165) is 37.3 Å². The van der Waals surface area contributed by atoms with E-state index < -0.39 is 0 Å².